The molecule has 2 heterocycles. The minimum atomic E-state index is -4.93. The van der Waals surface area contributed by atoms with Crippen molar-refractivity contribution >= 4 is 11.8 Å². The Bertz CT molecular complexity index is 1140. The number of nitriles is 1. The van der Waals surface area contributed by atoms with Crippen molar-refractivity contribution in [3.63, 3.8) is 0 Å². The number of alkyl halides is 6. The maximum absolute atomic E-state index is 13.3. The summed E-state index contributed by atoms with van der Waals surface area (Å²) in [5.74, 6) is -0.226. The molecule has 202 valence electrons. The van der Waals surface area contributed by atoms with Gasteiger partial charge >= 0.3 is 18.4 Å². The molecule has 8 nitrogen and oxygen atoms in total. The van der Waals surface area contributed by atoms with Crippen LogP contribution in [0.15, 0.2) is 22.7 Å². The first-order valence-corrected chi connectivity index (χ1v) is 11.3. The third kappa shape index (κ3) is 7.74. The second-order valence-corrected chi connectivity index (χ2v) is 9.60. The predicted molar refractivity (Wildman–Crippen MR) is 117 cm³/mol. The van der Waals surface area contributed by atoms with Crippen LogP contribution in [0.4, 0.5) is 36.8 Å². The number of ether oxygens (including phenoxy) is 1. The van der Waals surface area contributed by atoms with Crippen LogP contribution in [-0.4, -0.2) is 52.5 Å². The summed E-state index contributed by atoms with van der Waals surface area (Å²) in [6, 6.07) is 3.72. The van der Waals surface area contributed by atoms with Crippen LogP contribution in [0.2, 0.25) is 0 Å². The molecule has 0 atom stereocenters. The Kier molecular flexibility index (Phi) is 7.94. The highest BCUT2D eigenvalue weighted by molar-refractivity contribution is 5.68. The van der Waals surface area contributed by atoms with E-state index in [0.29, 0.717) is 36.9 Å². The van der Waals surface area contributed by atoms with Gasteiger partial charge in [0.15, 0.2) is 5.82 Å². The summed E-state index contributed by atoms with van der Waals surface area (Å²) < 4.78 is 90.4. The number of piperidine rings is 1. The first-order chi connectivity index (χ1) is 17.1. The number of carbonyl (C=O) groups is 1. The fourth-order valence-corrected chi connectivity index (χ4v) is 3.82. The van der Waals surface area contributed by atoms with Gasteiger partial charge in [-0.3, -0.25) is 0 Å². The molecule has 1 aromatic heterocycles. The standard InChI is InChI=1S/C23H25F6N5O3/c1-21(2,3)36-20(35)33-8-6-14(7-9-33)19-31-18(32-37-19)12-34(13-22(24,25)26)16-5-4-15(11-30)17(10-16)23(27,28)29/h4-5,10,14H,6-9,12-13H2,1-3H3. The summed E-state index contributed by atoms with van der Waals surface area (Å²) in [7, 11) is 0. The molecule has 1 saturated heterocycles. The number of likely N-dealkylation sites (tertiary alicyclic amines) is 1. The van der Waals surface area contributed by atoms with E-state index in [4.69, 9.17) is 14.5 Å². The molecule has 0 bridgehead atoms. The summed E-state index contributed by atoms with van der Waals surface area (Å²) in [4.78, 5) is 18.6. The third-order valence-corrected chi connectivity index (χ3v) is 5.48. The average Bonchev–Trinajstić information content (AvgIpc) is 3.24. The van der Waals surface area contributed by atoms with Gasteiger partial charge in [-0.1, -0.05) is 5.16 Å². The monoisotopic (exact) mass is 533 g/mol. The lowest BCUT2D eigenvalue weighted by atomic mass is 9.97. The molecular formula is C23H25F6N5O3. The van der Waals surface area contributed by atoms with Gasteiger partial charge in [-0.25, -0.2) is 4.79 Å². The smallest absolute Gasteiger partial charge is 0.417 e. The van der Waals surface area contributed by atoms with Gasteiger partial charge in [0.05, 0.1) is 23.7 Å². The number of amides is 1. The van der Waals surface area contributed by atoms with E-state index >= 15 is 0 Å². The zero-order valence-electron chi connectivity index (χ0n) is 20.3. The van der Waals surface area contributed by atoms with E-state index < -0.39 is 54.0 Å². The van der Waals surface area contributed by atoms with Crippen molar-refractivity contribution in [2.75, 3.05) is 24.5 Å². The van der Waals surface area contributed by atoms with Crippen LogP contribution in [-0.2, 0) is 17.5 Å². The minimum Gasteiger partial charge on any atom is -0.444 e. The molecule has 1 aliphatic heterocycles. The minimum absolute atomic E-state index is 0.147. The number of hydrogen-bond acceptors (Lipinski definition) is 7. The largest absolute Gasteiger partial charge is 0.444 e. The van der Waals surface area contributed by atoms with E-state index in [0.717, 1.165) is 12.1 Å². The van der Waals surface area contributed by atoms with Crippen LogP contribution >= 0.6 is 0 Å². The fourth-order valence-electron chi connectivity index (χ4n) is 3.82. The van der Waals surface area contributed by atoms with E-state index in [1.54, 1.807) is 20.8 Å². The number of rotatable bonds is 5. The molecule has 37 heavy (non-hydrogen) atoms. The molecule has 1 amide bonds. The Morgan fingerprint density at radius 2 is 1.84 bits per heavy atom. The number of hydrogen-bond donors (Lipinski definition) is 0. The predicted octanol–water partition coefficient (Wildman–Crippen LogP) is 5.64. The quantitative estimate of drug-likeness (QED) is 0.459. The van der Waals surface area contributed by atoms with E-state index in [2.05, 4.69) is 10.1 Å². The molecule has 0 N–H and O–H groups in total. The van der Waals surface area contributed by atoms with Gasteiger partial charge in [0.2, 0.25) is 5.89 Å². The molecule has 1 aromatic carbocycles. The van der Waals surface area contributed by atoms with Gasteiger partial charge in [0.1, 0.15) is 12.1 Å². The van der Waals surface area contributed by atoms with Crippen molar-refractivity contribution < 1.29 is 40.4 Å². The highest BCUT2D eigenvalue weighted by Crippen LogP contribution is 2.35. The molecule has 0 spiro atoms. The van der Waals surface area contributed by atoms with Crippen molar-refractivity contribution in [2.45, 2.75) is 64.0 Å². The number of benzene rings is 1. The highest BCUT2D eigenvalue weighted by atomic mass is 19.4. The van der Waals surface area contributed by atoms with Crippen LogP contribution in [0.3, 0.4) is 0 Å². The Labute approximate surface area is 208 Å². The Balaban J connectivity index is 1.75. The second kappa shape index (κ2) is 10.5. The number of halogens is 6. The number of aromatic nitrogens is 2. The van der Waals surface area contributed by atoms with Crippen molar-refractivity contribution in [3.05, 3.63) is 41.0 Å². The topological polar surface area (TPSA) is 95.5 Å². The lowest BCUT2D eigenvalue weighted by molar-refractivity contribution is -0.137. The molecule has 3 rings (SSSR count). The normalized spacial score (nSPS) is 15.4. The molecule has 0 unspecified atom stereocenters. The number of anilines is 1. The van der Waals surface area contributed by atoms with Gasteiger partial charge in [-0.05, 0) is 51.8 Å². The summed E-state index contributed by atoms with van der Waals surface area (Å²) in [5, 5.41) is 12.7. The summed E-state index contributed by atoms with van der Waals surface area (Å²) >= 11 is 0. The Morgan fingerprint density at radius 1 is 1.19 bits per heavy atom. The summed E-state index contributed by atoms with van der Waals surface area (Å²) in [6.45, 7) is 3.80. The number of carbonyl (C=O) groups excluding carboxylic acids is 1. The van der Waals surface area contributed by atoms with E-state index in [-0.39, 0.29) is 17.6 Å². The average molecular weight is 533 g/mol. The highest BCUT2D eigenvalue weighted by Gasteiger charge is 2.37. The summed E-state index contributed by atoms with van der Waals surface area (Å²) in [6.07, 6.45) is -9.22. The van der Waals surface area contributed by atoms with Crippen LogP contribution in [0.5, 0.6) is 0 Å². The van der Waals surface area contributed by atoms with Crippen molar-refractivity contribution in [3.8, 4) is 6.07 Å². The maximum atomic E-state index is 13.3. The lowest BCUT2D eigenvalue weighted by Gasteiger charge is -2.32. The molecule has 2 aromatic rings. The van der Waals surface area contributed by atoms with Crippen molar-refractivity contribution in [1.82, 2.24) is 15.0 Å². The zero-order chi connectivity index (χ0) is 27.6. The molecule has 1 aliphatic rings. The second-order valence-electron chi connectivity index (χ2n) is 9.60. The van der Waals surface area contributed by atoms with Gasteiger partial charge in [-0.2, -0.15) is 36.6 Å². The molecule has 1 fully saturated rings. The van der Waals surface area contributed by atoms with E-state index in [1.165, 1.54) is 11.0 Å². The molecular weight excluding hydrogens is 508 g/mol. The van der Waals surface area contributed by atoms with Gasteiger partial charge in [0, 0.05) is 24.7 Å². The zero-order valence-corrected chi connectivity index (χ0v) is 20.3. The van der Waals surface area contributed by atoms with E-state index in [9.17, 15) is 31.1 Å². The first kappa shape index (κ1) is 28.1. The molecule has 0 saturated carbocycles. The molecule has 14 heteroatoms. The SMILES string of the molecule is CC(C)(C)OC(=O)N1CCC(c2nc(CN(CC(F)(F)F)c3ccc(C#N)c(C(F)(F)F)c3)no2)CC1. The first-order valence-electron chi connectivity index (χ1n) is 11.3. The maximum Gasteiger partial charge on any atom is 0.417 e. The molecule has 0 radical (unpaired) electrons. The van der Waals surface area contributed by atoms with Crippen LogP contribution in [0.1, 0.15) is 62.4 Å². The van der Waals surface area contributed by atoms with E-state index in [1.807, 2.05) is 0 Å². The van der Waals surface area contributed by atoms with Crippen LogP contribution in [0, 0.1) is 11.3 Å². The number of nitrogens with zero attached hydrogens (tertiary/aromatic N) is 5. The summed E-state index contributed by atoms with van der Waals surface area (Å²) in [5.41, 5.74) is -3.10. The van der Waals surface area contributed by atoms with Crippen molar-refractivity contribution in [2.24, 2.45) is 0 Å². The van der Waals surface area contributed by atoms with Crippen LogP contribution in [0.25, 0.3) is 0 Å². The Hall–Kier alpha value is -3.50. The van der Waals surface area contributed by atoms with Gasteiger partial charge < -0.3 is 19.1 Å². The Morgan fingerprint density at radius 3 is 2.38 bits per heavy atom. The van der Waals surface area contributed by atoms with Gasteiger partial charge in [0.25, 0.3) is 0 Å². The van der Waals surface area contributed by atoms with Crippen LogP contribution < -0.4 is 4.90 Å². The van der Waals surface area contributed by atoms with Gasteiger partial charge in [-0.15, -0.1) is 0 Å². The molecule has 0 aliphatic carbocycles. The fraction of sp³-hybridized carbons (Fsp3) is 0.565. The van der Waals surface area contributed by atoms with Crippen molar-refractivity contribution in [1.29, 1.82) is 5.26 Å². The lowest BCUT2D eigenvalue weighted by Crippen LogP contribution is -2.41. The third-order valence-electron chi connectivity index (χ3n) is 5.48.